The van der Waals surface area contributed by atoms with Crippen molar-refractivity contribution in [1.82, 2.24) is 0 Å². The molecule has 0 aliphatic heterocycles. The van der Waals surface area contributed by atoms with E-state index in [9.17, 15) is 19.8 Å². The molecule has 0 atom stereocenters. The van der Waals surface area contributed by atoms with E-state index in [4.69, 9.17) is 4.74 Å². The molecule has 0 saturated carbocycles. The minimum Gasteiger partial charge on any atom is -0.507 e. The van der Waals surface area contributed by atoms with Gasteiger partial charge in [-0.15, -0.1) is 0 Å². The van der Waals surface area contributed by atoms with E-state index in [1.807, 2.05) is 25.1 Å². The lowest BCUT2D eigenvalue weighted by atomic mass is 10.1. The van der Waals surface area contributed by atoms with Crippen LogP contribution in [0.4, 0.5) is 16.2 Å². The van der Waals surface area contributed by atoms with Gasteiger partial charge >= 0.3 is 6.09 Å². The molecule has 0 unspecified atom stereocenters. The van der Waals surface area contributed by atoms with Crippen LogP contribution in [0.1, 0.15) is 92.6 Å². The van der Waals surface area contributed by atoms with Crippen molar-refractivity contribution in [2.45, 2.75) is 84.7 Å². The number of hydrogen-bond acceptors (Lipinski definition) is 6. The molecule has 0 radical (unpaired) electrons. The van der Waals surface area contributed by atoms with Crippen LogP contribution >= 0.6 is 0 Å². The molecule has 0 aliphatic rings. The Balaban J connectivity index is 1.78. The van der Waals surface area contributed by atoms with Gasteiger partial charge in [0.1, 0.15) is 12.4 Å². The van der Waals surface area contributed by atoms with Gasteiger partial charge < -0.3 is 19.8 Å². The van der Waals surface area contributed by atoms with Crippen LogP contribution in [-0.4, -0.2) is 42.3 Å². The summed E-state index contributed by atoms with van der Waals surface area (Å²) in [5, 5.41) is 22.1. The van der Waals surface area contributed by atoms with Crippen molar-refractivity contribution in [3.05, 3.63) is 53.1 Å². The maximum absolute atomic E-state index is 12.3. The number of rotatable bonds is 18. The van der Waals surface area contributed by atoms with Gasteiger partial charge in [0.25, 0.3) is 0 Å². The van der Waals surface area contributed by atoms with Gasteiger partial charge in [-0.3, -0.25) is 10.1 Å². The first-order valence-electron chi connectivity index (χ1n) is 13.7. The number of carbonyl (C=O) groups excluding carboxylic acids is 2. The molecule has 7 heteroatoms. The summed E-state index contributed by atoms with van der Waals surface area (Å²) < 4.78 is 5.26. The van der Waals surface area contributed by atoms with Crippen molar-refractivity contribution in [2.75, 3.05) is 29.9 Å². The molecule has 0 bridgehead atoms. The van der Waals surface area contributed by atoms with Crippen molar-refractivity contribution < 1.29 is 24.5 Å². The van der Waals surface area contributed by atoms with E-state index in [-0.39, 0.29) is 24.5 Å². The van der Waals surface area contributed by atoms with Crippen LogP contribution < -0.4 is 10.2 Å². The predicted molar refractivity (Wildman–Crippen MR) is 150 cm³/mol. The number of aliphatic hydroxyl groups is 1. The highest BCUT2D eigenvalue weighted by molar-refractivity contribution is 5.86. The topological polar surface area (TPSA) is 99.1 Å². The zero-order chi connectivity index (χ0) is 26.9. The van der Waals surface area contributed by atoms with Gasteiger partial charge in [-0.2, -0.15) is 0 Å². The number of nitrogens with zero attached hydrogens (tertiary/aromatic N) is 1. The molecule has 1 amide bonds. The highest BCUT2D eigenvalue weighted by atomic mass is 16.5. The van der Waals surface area contributed by atoms with Crippen LogP contribution in [0.15, 0.2) is 36.4 Å². The number of benzene rings is 2. The highest BCUT2D eigenvalue weighted by Crippen LogP contribution is 2.24. The Bertz CT molecular complexity index is 963. The second kappa shape index (κ2) is 17.4. The third kappa shape index (κ3) is 11.3. The second-order valence-corrected chi connectivity index (χ2v) is 9.60. The number of aldehydes is 1. The molecule has 7 nitrogen and oxygen atoms in total. The Labute approximate surface area is 221 Å². The third-order valence-corrected chi connectivity index (χ3v) is 6.56. The van der Waals surface area contributed by atoms with Crippen molar-refractivity contribution in [1.29, 1.82) is 0 Å². The number of anilines is 2. The summed E-state index contributed by atoms with van der Waals surface area (Å²) in [5.41, 5.74) is 3.33. The van der Waals surface area contributed by atoms with Gasteiger partial charge in [0.15, 0.2) is 6.29 Å². The zero-order valence-corrected chi connectivity index (χ0v) is 22.5. The summed E-state index contributed by atoms with van der Waals surface area (Å²) >= 11 is 0. The fourth-order valence-corrected chi connectivity index (χ4v) is 4.34. The summed E-state index contributed by atoms with van der Waals surface area (Å²) in [6, 6.07) is 10.3. The standard InChI is InChI=1S/C30H44N2O5/c1-3-4-5-6-7-8-9-10-11-12-17-32(18-19-33)27-15-16-28(24(2)20-27)31-30(36)37-23-25-13-14-26(22-34)29(35)21-25/h13-16,20-22,33,35H,3-12,17-19,23H2,1-2H3,(H,31,36). The largest absolute Gasteiger partial charge is 0.507 e. The number of aliphatic hydroxyl groups excluding tert-OH is 1. The van der Waals surface area contributed by atoms with Gasteiger partial charge in [0, 0.05) is 24.5 Å². The zero-order valence-electron chi connectivity index (χ0n) is 22.5. The lowest BCUT2D eigenvalue weighted by Crippen LogP contribution is -2.28. The van der Waals surface area contributed by atoms with Crippen molar-refractivity contribution in [3.8, 4) is 5.75 Å². The van der Waals surface area contributed by atoms with Crippen molar-refractivity contribution in [2.24, 2.45) is 0 Å². The average Bonchev–Trinajstić information content (AvgIpc) is 2.89. The van der Waals surface area contributed by atoms with E-state index in [0.29, 0.717) is 24.1 Å². The Morgan fingerprint density at radius 1 is 0.946 bits per heavy atom. The maximum atomic E-state index is 12.3. The minimum absolute atomic E-state index is 0.0290. The maximum Gasteiger partial charge on any atom is 0.411 e. The fraction of sp³-hybridized carbons (Fsp3) is 0.533. The number of phenols is 1. The molecule has 0 saturated heterocycles. The first-order chi connectivity index (χ1) is 18.0. The highest BCUT2D eigenvalue weighted by Gasteiger charge is 2.11. The number of unbranched alkanes of at least 4 members (excludes halogenated alkanes) is 9. The number of amides is 1. The van der Waals surface area contributed by atoms with E-state index in [1.54, 1.807) is 6.07 Å². The van der Waals surface area contributed by atoms with Crippen LogP contribution in [0.5, 0.6) is 5.75 Å². The van der Waals surface area contributed by atoms with E-state index < -0.39 is 6.09 Å². The number of phenolic OH excluding ortho intramolecular Hbond substituents is 1. The number of carbonyl (C=O) groups is 2. The molecule has 2 aromatic carbocycles. The van der Waals surface area contributed by atoms with E-state index >= 15 is 0 Å². The normalized spacial score (nSPS) is 10.8. The summed E-state index contributed by atoms with van der Waals surface area (Å²) in [5.74, 6) is -0.145. The Kier molecular flexibility index (Phi) is 14.2. The van der Waals surface area contributed by atoms with Crippen molar-refractivity contribution in [3.63, 3.8) is 0 Å². The molecule has 2 aromatic rings. The molecule has 3 N–H and O–H groups in total. The first-order valence-corrected chi connectivity index (χ1v) is 13.7. The molecule has 0 aromatic heterocycles. The summed E-state index contributed by atoms with van der Waals surface area (Å²) in [4.78, 5) is 25.3. The van der Waals surface area contributed by atoms with Crippen LogP contribution in [-0.2, 0) is 11.3 Å². The van der Waals surface area contributed by atoms with Crippen LogP contribution in [0, 0.1) is 6.92 Å². The SMILES string of the molecule is CCCCCCCCCCCCN(CCO)c1ccc(NC(=O)OCc2ccc(C=O)c(O)c2)c(C)c1. The quantitative estimate of drug-likeness (QED) is 0.147. The molecule has 2 rings (SSSR count). The summed E-state index contributed by atoms with van der Waals surface area (Å²) in [6.07, 6.45) is 12.9. The van der Waals surface area contributed by atoms with Gasteiger partial charge in [-0.25, -0.2) is 4.79 Å². The third-order valence-electron chi connectivity index (χ3n) is 6.56. The van der Waals surface area contributed by atoms with Crippen molar-refractivity contribution >= 4 is 23.8 Å². The first kappa shape index (κ1) is 30.2. The molecule has 0 aliphatic carbocycles. The Hall–Kier alpha value is -3.06. The monoisotopic (exact) mass is 512 g/mol. The van der Waals surface area contributed by atoms with Crippen LogP contribution in [0.3, 0.4) is 0 Å². The molecule has 0 heterocycles. The molecule has 0 fully saturated rings. The summed E-state index contributed by atoms with van der Waals surface area (Å²) in [7, 11) is 0. The minimum atomic E-state index is -0.604. The number of ether oxygens (including phenoxy) is 1. The van der Waals surface area contributed by atoms with Gasteiger partial charge in [0.2, 0.25) is 0 Å². The van der Waals surface area contributed by atoms with Gasteiger partial charge in [0.05, 0.1) is 12.2 Å². The summed E-state index contributed by atoms with van der Waals surface area (Å²) in [6.45, 7) is 5.69. The van der Waals surface area contributed by atoms with E-state index in [2.05, 4.69) is 17.1 Å². The lowest BCUT2D eigenvalue weighted by molar-refractivity contribution is 0.112. The number of hydrogen-bond donors (Lipinski definition) is 3. The van der Waals surface area contributed by atoms with Crippen LogP contribution in [0.2, 0.25) is 0 Å². The van der Waals surface area contributed by atoms with Crippen LogP contribution in [0.25, 0.3) is 0 Å². The molecular weight excluding hydrogens is 468 g/mol. The number of aryl methyl sites for hydroxylation is 1. The predicted octanol–water partition coefficient (Wildman–Crippen LogP) is 6.98. The fourth-order valence-electron chi connectivity index (χ4n) is 4.34. The number of aromatic hydroxyl groups is 1. The Morgan fingerprint density at radius 2 is 1.62 bits per heavy atom. The average molecular weight is 513 g/mol. The van der Waals surface area contributed by atoms with E-state index in [1.165, 1.54) is 69.9 Å². The number of nitrogens with one attached hydrogen (secondary N) is 1. The molecule has 37 heavy (non-hydrogen) atoms. The van der Waals surface area contributed by atoms with E-state index in [0.717, 1.165) is 24.2 Å². The second-order valence-electron chi connectivity index (χ2n) is 9.60. The van der Waals surface area contributed by atoms with Gasteiger partial charge in [-0.05, 0) is 54.8 Å². The Morgan fingerprint density at radius 3 is 2.22 bits per heavy atom. The molecule has 0 spiro atoms. The molecule has 204 valence electrons. The lowest BCUT2D eigenvalue weighted by Gasteiger charge is -2.25. The molecular formula is C30H44N2O5. The van der Waals surface area contributed by atoms with Gasteiger partial charge in [-0.1, -0.05) is 70.8 Å². The smallest absolute Gasteiger partial charge is 0.411 e.